The van der Waals surface area contributed by atoms with Crippen molar-refractivity contribution in [3.05, 3.63) is 45.7 Å². The lowest BCUT2D eigenvalue weighted by atomic mass is 10.1. The summed E-state index contributed by atoms with van der Waals surface area (Å²) in [5.41, 5.74) is 0.345. The first kappa shape index (κ1) is 22.4. The maximum absolute atomic E-state index is 12.7. The zero-order valence-electron chi connectivity index (χ0n) is 16.2. The van der Waals surface area contributed by atoms with Crippen LogP contribution in [0.4, 0.5) is 10.5 Å². The van der Waals surface area contributed by atoms with E-state index in [4.69, 9.17) is 33.2 Å². The van der Waals surface area contributed by atoms with Crippen molar-refractivity contribution in [3.63, 3.8) is 0 Å². The number of carbonyl (C=O) groups is 3. The summed E-state index contributed by atoms with van der Waals surface area (Å²) in [4.78, 5) is 38.5. The molecule has 3 amide bonds. The third kappa shape index (κ3) is 5.45. The van der Waals surface area contributed by atoms with E-state index in [2.05, 4.69) is 20.8 Å². The molecule has 1 fully saturated rings. The highest BCUT2D eigenvalue weighted by Crippen LogP contribution is 2.26. The molecule has 0 saturated carbocycles. The third-order valence-electron chi connectivity index (χ3n) is 4.65. The van der Waals surface area contributed by atoms with Crippen LogP contribution >= 0.6 is 23.2 Å². The highest BCUT2D eigenvalue weighted by Gasteiger charge is 2.26. The van der Waals surface area contributed by atoms with Crippen molar-refractivity contribution in [1.82, 2.24) is 20.4 Å². The van der Waals surface area contributed by atoms with E-state index < -0.39 is 17.9 Å². The number of hydrogen-bond acceptors (Lipinski definition) is 6. The Morgan fingerprint density at radius 2 is 1.90 bits per heavy atom. The number of amides is 3. The molecule has 0 bridgehead atoms. The van der Waals surface area contributed by atoms with Crippen LogP contribution in [0.3, 0.4) is 0 Å². The van der Waals surface area contributed by atoms with Crippen LogP contribution in [0.25, 0.3) is 0 Å². The van der Waals surface area contributed by atoms with E-state index in [0.717, 1.165) is 0 Å². The summed E-state index contributed by atoms with van der Waals surface area (Å²) in [6.45, 7) is 0.461. The molecule has 10 nitrogen and oxygen atoms in total. The molecular weight excluding hydrogens is 447 g/mol. The van der Waals surface area contributed by atoms with Gasteiger partial charge in [-0.05, 0) is 25.0 Å². The number of anilines is 1. The molecule has 1 aromatic heterocycles. The smallest absolute Gasteiger partial charge is 0.410 e. The van der Waals surface area contributed by atoms with Crippen LogP contribution in [0.5, 0.6) is 0 Å². The van der Waals surface area contributed by atoms with Crippen molar-refractivity contribution in [2.75, 3.05) is 25.0 Å². The van der Waals surface area contributed by atoms with Crippen molar-refractivity contribution in [3.8, 4) is 6.07 Å². The number of hydrogen-bond donors (Lipinski definition) is 3. The average molecular weight is 465 g/mol. The molecule has 3 N–H and O–H groups in total. The highest BCUT2D eigenvalue weighted by molar-refractivity contribution is 6.40. The fourth-order valence-electron chi connectivity index (χ4n) is 3.10. The van der Waals surface area contributed by atoms with Gasteiger partial charge in [0, 0.05) is 19.1 Å². The lowest BCUT2D eigenvalue weighted by Gasteiger charge is -2.31. The first-order valence-corrected chi connectivity index (χ1v) is 10.0. The van der Waals surface area contributed by atoms with Gasteiger partial charge in [0.2, 0.25) is 0 Å². The fourth-order valence-corrected chi connectivity index (χ4v) is 3.67. The maximum Gasteiger partial charge on any atom is 0.410 e. The molecule has 1 aliphatic rings. The summed E-state index contributed by atoms with van der Waals surface area (Å²) in [5, 5.41) is 20.7. The Morgan fingerprint density at radius 1 is 1.23 bits per heavy atom. The van der Waals surface area contributed by atoms with E-state index in [1.54, 1.807) is 12.1 Å². The van der Waals surface area contributed by atoms with Crippen molar-refractivity contribution < 1.29 is 19.1 Å². The Balaban J connectivity index is 1.59. The quantitative estimate of drug-likeness (QED) is 0.621. The van der Waals surface area contributed by atoms with Crippen LogP contribution in [-0.2, 0) is 4.74 Å². The molecule has 31 heavy (non-hydrogen) atoms. The second-order valence-corrected chi connectivity index (χ2v) is 7.47. The molecule has 1 aromatic carbocycles. The van der Waals surface area contributed by atoms with Gasteiger partial charge in [0.1, 0.15) is 11.8 Å². The summed E-state index contributed by atoms with van der Waals surface area (Å²) >= 11 is 12.1. The Bertz CT molecular complexity index is 1010. The molecule has 3 rings (SSSR count). The van der Waals surface area contributed by atoms with Crippen LogP contribution < -0.4 is 10.6 Å². The van der Waals surface area contributed by atoms with Crippen LogP contribution in [0, 0.1) is 11.3 Å². The predicted molar refractivity (Wildman–Crippen MR) is 112 cm³/mol. The first-order valence-electron chi connectivity index (χ1n) is 9.29. The lowest BCUT2D eigenvalue weighted by Crippen LogP contribution is -2.46. The molecule has 1 aliphatic heterocycles. The minimum Gasteiger partial charge on any atom is -0.434 e. The second-order valence-electron chi connectivity index (χ2n) is 6.66. The van der Waals surface area contributed by atoms with Crippen molar-refractivity contribution >= 4 is 46.8 Å². The number of piperidine rings is 1. The molecule has 0 unspecified atom stereocenters. The largest absolute Gasteiger partial charge is 0.434 e. The topological polar surface area (TPSA) is 140 Å². The number of ether oxygens (including phenoxy) is 1. The van der Waals surface area contributed by atoms with Gasteiger partial charge in [-0.2, -0.15) is 10.4 Å². The van der Waals surface area contributed by atoms with Gasteiger partial charge in [-0.3, -0.25) is 14.7 Å². The van der Waals surface area contributed by atoms with Crippen molar-refractivity contribution in [1.29, 1.82) is 5.26 Å². The van der Waals surface area contributed by atoms with Crippen LogP contribution in [0.15, 0.2) is 24.4 Å². The highest BCUT2D eigenvalue weighted by atomic mass is 35.5. The molecule has 2 aromatic rings. The monoisotopic (exact) mass is 464 g/mol. The number of rotatable bonds is 5. The molecule has 0 spiro atoms. The maximum atomic E-state index is 12.7. The minimum atomic E-state index is -0.574. The zero-order chi connectivity index (χ0) is 22.4. The van der Waals surface area contributed by atoms with Gasteiger partial charge >= 0.3 is 6.09 Å². The van der Waals surface area contributed by atoms with E-state index in [-0.39, 0.29) is 39.6 Å². The third-order valence-corrected chi connectivity index (χ3v) is 5.28. The van der Waals surface area contributed by atoms with Crippen molar-refractivity contribution in [2.24, 2.45) is 0 Å². The summed E-state index contributed by atoms with van der Waals surface area (Å²) in [7, 11) is 0. The number of benzene rings is 1. The molecule has 162 valence electrons. The van der Waals surface area contributed by atoms with E-state index >= 15 is 0 Å². The summed E-state index contributed by atoms with van der Waals surface area (Å²) in [6.07, 6.45) is 1.78. The van der Waals surface area contributed by atoms with Gasteiger partial charge in [-0.15, -0.1) is 0 Å². The zero-order valence-corrected chi connectivity index (χ0v) is 17.7. The lowest BCUT2D eigenvalue weighted by molar-refractivity contribution is 0.0873. The van der Waals surface area contributed by atoms with E-state index in [1.165, 1.54) is 23.2 Å². The molecule has 1 saturated heterocycles. The van der Waals surface area contributed by atoms with Crippen LogP contribution in [-0.4, -0.2) is 58.7 Å². The summed E-state index contributed by atoms with van der Waals surface area (Å²) < 4.78 is 4.78. The molecular formula is C19H18Cl2N6O4. The van der Waals surface area contributed by atoms with Crippen LogP contribution in [0.1, 0.15) is 33.7 Å². The molecule has 0 radical (unpaired) electrons. The van der Waals surface area contributed by atoms with Gasteiger partial charge in [0.15, 0.2) is 6.61 Å². The molecule has 2 heterocycles. The predicted octanol–water partition coefficient (Wildman–Crippen LogP) is 2.82. The standard InChI is InChI=1S/C19H18Cl2N6O4/c20-12-2-1-3-13(21)15(12)17(28)25-14-10-23-26-16(14)18(29)24-11-4-7-27(8-5-11)19(30)31-9-6-22/h1-3,10-11H,4-5,7-9H2,(H,23,26)(H,24,29)(H,25,28). The number of carbonyl (C=O) groups excluding carboxylic acids is 3. The van der Waals surface area contributed by atoms with Gasteiger partial charge in [-0.25, -0.2) is 4.79 Å². The Kier molecular flexibility index (Phi) is 7.33. The molecule has 0 atom stereocenters. The Morgan fingerprint density at radius 3 is 2.55 bits per heavy atom. The number of H-pyrrole nitrogens is 1. The fraction of sp³-hybridized carbons (Fsp3) is 0.316. The first-order chi connectivity index (χ1) is 14.9. The number of aromatic amines is 1. The van der Waals surface area contributed by atoms with Crippen molar-refractivity contribution in [2.45, 2.75) is 18.9 Å². The van der Waals surface area contributed by atoms with Gasteiger partial charge in [-0.1, -0.05) is 29.3 Å². The van der Waals surface area contributed by atoms with Gasteiger partial charge < -0.3 is 20.3 Å². The average Bonchev–Trinajstić information content (AvgIpc) is 3.20. The summed E-state index contributed by atoms with van der Waals surface area (Å²) in [6, 6.07) is 6.25. The Labute approximate surface area is 187 Å². The number of aromatic nitrogens is 2. The normalized spacial score (nSPS) is 13.9. The van der Waals surface area contributed by atoms with Crippen LogP contribution in [0.2, 0.25) is 10.0 Å². The number of halogens is 2. The number of likely N-dealkylation sites (tertiary alicyclic amines) is 1. The molecule has 0 aliphatic carbocycles. The number of nitrogens with zero attached hydrogens (tertiary/aromatic N) is 3. The SMILES string of the molecule is N#CCOC(=O)N1CCC(NC(=O)c2[nH]ncc2NC(=O)c2c(Cl)cccc2Cl)CC1. The Hall–Kier alpha value is -3.29. The van der Waals surface area contributed by atoms with E-state index in [1.807, 2.05) is 0 Å². The van der Waals surface area contributed by atoms with E-state index in [9.17, 15) is 14.4 Å². The van der Waals surface area contributed by atoms with Gasteiger partial charge in [0.25, 0.3) is 11.8 Å². The second kappa shape index (κ2) is 10.1. The minimum absolute atomic E-state index is 0.0763. The van der Waals surface area contributed by atoms with E-state index in [0.29, 0.717) is 25.9 Å². The number of nitrogens with one attached hydrogen (secondary N) is 3. The molecule has 12 heteroatoms. The number of nitriles is 1. The summed E-state index contributed by atoms with van der Waals surface area (Å²) in [5.74, 6) is -1.03. The van der Waals surface area contributed by atoms with Gasteiger partial charge in [0.05, 0.1) is 27.5 Å².